The monoisotopic (exact) mass is 178 g/mol. The van der Waals surface area contributed by atoms with Gasteiger partial charge >= 0.3 is 5.69 Å². The molecule has 0 unspecified atom stereocenters. The van der Waals surface area contributed by atoms with Crippen LogP contribution in [0.4, 0.5) is 0 Å². The zero-order valence-electron chi connectivity index (χ0n) is 6.50. The summed E-state index contributed by atoms with van der Waals surface area (Å²) in [6.45, 7) is 0. The van der Waals surface area contributed by atoms with Gasteiger partial charge in [0.05, 0.1) is 11.1 Å². The molecule has 0 bridgehead atoms. The molecule has 6 heteroatoms. The number of hydrogen-bond acceptors (Lipinski definition) is 3. The first kappa shape index (κ1) is 7.53. The number of carbonyl (C=O) groups is 1. The van der Waals surface area contributed by atoms with Gasteiger partial charge in [0.2, 0.25) is 5.91 Å². The summed E-state index contributed by atoms with van der Waals surface area (Å²) in [6.07, 6.45) is 1.31. The van der Waals surface area contributed by atoms with Crippen molar-refractivity contribution in [1.29, 1.82) is 0 Å². The summed E-state index contributed by atoms with van der Waals surface area (Å²) in [5.41, 5.74) is 5.83. The van der Waals surface area contributed by atoms with Crippen molar-refractivity contribution in [2.24, 2.45) is 5.73 Å². The molecule has 0 saturated carbocycles. The molecular formula is C7H6N4O2. The van der Waals surface area contributed by atoms with Gasteiger partial charge in [0, 0.05) is 6.20 Å². The van der Waals surface area contributed by atoms with Gasteiger partial charge < -0.3 is 10.7 Å². The van der Waals surface area contributed by atoms with E-state index in [1.54, 1.807) is 0 Å². The molecule has 0 saturated heterocycles. The SMILES string of the molecule is NC(=O)c1cnc2[nH]c(=O)[nH]c2c1. The summed E-state index contributed by atoms with van der Waals surface area (Å²) < 4.78 is 0. The lowest BCUT2D eigenvalue weighted by atomic mass is 10.2. The number of rotatable bonds is 1. The molecule has 2 aromatic rings. The van der Waals surface area contributed by atoms with E-state index in [0.717, 1.165) is 0 Å². The van der Waals surface area contributed by atoms with Crippen molar-refractivity contribution in [2.45, 2.75) is 0 Å². The van der Waals surface area contributed by atoms with E-state index in [9.17, 15) is 9.59 Å². The number of nitrogens with one attached hydrogen (secondary N) is 2. The van der Waals surface area contributed by atoms with Gasteiger partial charge in [-0.3, -0.25) is 9.78 Å². The number of primary amides is 1. The molecule has 2 aromatic heterocycles. The Morgan fingerprint density at radius 3 is 2.92 bits per heavy atom. The van der Waals surface area contributed by atoms with Crippen molar-refractivity contribution in [3.05, 3.63) is 28.3 Å². The van der Waals surface area contributed by atoms with Crippen LogP contribution in [-0.2, 0) is 0 Å². The van der Waals surface area contributed by atoms with Crippen LogP contribution < -0.4 is 11.4 Å². The molecule has 0 radical (unpaired) electrons. The normalized spacial score (nSPS) is 10.5. The number of aromatic amines is 2. The number of imidazole rings is 1. The second-order valence-corrected chi connectivity index (χ2v) is 2.56. The van der Waals surface area contributed by atoms with E-state index in [0.29, 0.717) is 11.2 Å². The van der Waals surface area contributed by atoms with Crippen LogP contribution in [0.1, 0.15) is 10.4 Å². The number of fused-ring (bicyclic) bond motifs is 1. The van der Waals surface area contributed by atoms with Crippen molar-refractivity contribution in [3.63, 3.8) is 0 Å². The van der Waals surface area contributed by atoms with Gasteiger partial charge in [-0.05, 0) is 6.07 Å². The summed E-state index contributed by atoms with van der Waals surface area (Å²) in [5, 5.41) is 0. The minimum atomic E-state index is -0.573. The zero-order valence-corrected chi connectivity index (χ0v) is 6.50. The molecule has 0 aliphatic rings. The molecule has 0 aliphatic heterocycles. The lowest BCUT2D eigenvalue weighted by Gasteiger charge is -1.92. The summed E-state index contributed by atoms with van der Waals surface area (Å²) in [7, 11) is 0. The van der Waals surface area contributed by atoms with Crippen LogP contribution in [-0.4, -0.2) is 20.9 Å². The first-order chi connectivity index (χ1) is 6.16. The van der Waals surface area contributed by atoms with Gasteiger partial charge in [0.25, 0.3) is 0 Å². The Morgan fingerprint density at radius 2 is 2.23 bits per heavy atom. The maximum absolute atomic E-state index is 10.8. The van der Waals surface area contributed by atoms with Gasteiger partial charge in [-0.2, -0.15) is 0 Å². The Bertz CT molecular complexity index is 525. The third-order valence-corrected chi connectivity index (χ3v) is 1.65. The number of nitrogens with two attached hydrogens (primary N) is 1. The topological polar surface area (TPSA) is 105 Å². The molecule has 4 N–H and O–H groups in total. The van der Waals surface area contributed by atoms with Gasteiger partial charge in [0.15, 0.2) is 5.65 Å². The van der Waals surface area contributed by atoms with Gasteiger partial charge in [0.1, 0.15) is 0 Å². The smallest absolute Gasteiger partial charge is 0.325 e. The molecule has 0 aromatic carbocycles. The fraction of sp³-hybridized carbons (Fsp3) is 0. The van der Waals surface area contributed by atoms with E-state index in [4.69, 9.17) is 5.73 Å². The van der Waals surface area contributed by atoms with E-state index < -0.39 is 5.91 Å². The number of hydrogen-bond donors (Lipinski definition) is 3. The number of carbonyl (C=O) groups excluding carboxylic acids is 1. The zero-order chi connectivity index (χ0) is 9.42. The Morgan fingerprint density at radius 1 is 1.46 bits per heavy atom. The third-order valence-electron chi connectivity index (χ3n) is 1.65. The van der Waals surface area contributed by atoms with Crippen LogP contribution >= 0.6 is 0 Å². The minimum Gasteiger partial charge on any atom is -0.366 e. The van der Waals surface area contributed by atoms with E-state index in [1.807, 2.05) is 0 Å². The van der Waals surface area contributed by atoms with Crippen LogP contribution in [0.3, 0.4) is 0 Å². The number of aromatic nitrogens is 3. The number of nitrogens with zero attached hydrogens (tertiary/aromatic N) is 1. The quantitative estimate of drug-likeness (QED) is 0.540. The van der Waals surface area contributed by atoms with E-state index in [2.05, 4.69) is 15.0 Å². The summed E-state index contributed by atoms with van der Waals surface area (Å²) in [6, 6.07) is 1.47. The standard InChI is InChI=1S/C7H6N4O2/c8-5(12)3-1-4-6(9-2-3)11-7(13)10-4/h1-2H,(H2,8,12)(H2,9,10,11,13). The van der Waals surface area contributed by atoms with Crippen LogP contribution in [0.15, 0.2) is 17.1 Å². The predicted octanol–water partition coefficient (Wildman–Crippen LogP) is -0.650. The second-order valence-electron chi connectivity index (χ2n) is 2.56. The fourth-order valence-electron chi connectivity index (χ4n) is 1.06. The van der Waals surface area contributed by atoms with Gasteiger partial charge in [-0.25, -0.2) is 9.78 Å². The van der Waals surface area contributed by atoms with E-state index >= 15 is 0 Å². The lowest BCUT2D eigenvalue weighted by molar-refractivity contribution is 0.1000. The van der Waals surface area contributed by atoms with Crippen LogP contribution in [0, 0.1) is 0 Å². The summed E-state index contributed by atoms with van der Waals surface area (Å²) in [4.78, 5) is 30.3. The summed E-state index contributed by atoms with van der Waals surface area (Å²) in [5.74, 6) is -0.573. The highest BCUT2D eigenvalue weighted by Crippen LogP contribution is 2.05. The maximum atomic E-state index is 10.8. The van der Waals surface area contributed by atoms with Gasteiger partial charge in [-0.1, -0.05) is 0 Å². The van der Waals surface area contributed by atoms with Crippen molar-refractivity contribution in [3.8, 4) is 0 Å². The Kier molecular flexibility index (Phi) is 1.42. The Balaban J connectivity index is 2.74. The molecule has 0 aliphatic carbocycles. The Hall–Kier alpha value is -2.11. The molecule has 2 rings (SSSR count). The fourth-order valence-corrected chi connectivity index (χ4v) is 1.06. The van der Waals surface area contributed by atoms with Crippen LogP contribution in [0.25, 0.3) is 11.2 Å². The minimum absolute atomic E-state index is 0.266. The second kappa shape index (κ2) is 2.44. The van der Waals surface area contributed by atoms with Crippen molar-refractivity contribution in [1.82, 2.24) is 15.0 Å². The predicted molar refractivity (Wildman–Crippen MR) is 45.2 cm³/mol. The Labute approximate surface area is 71.8 Å². The third kappa shape index (κ3) is 1.18. The van der Waals surface area contributed by atoms with Crippen LogP contribution in [0.5, 0.6) is 0 Å². The highest BCUT2D eigenvalue weighted by atomic mass is 16.1. The molecule has 66 valence electrons. The average Bonchev–Trinajstić information content (AvgIpc) is 2.42. The number of H-pyrrole nitrogens is 2. The molecule has 0 spiro atoms. The molecule has 0 fully saturated rings. The highest BCUT2D eigenvalue weighted by molar-refractivity contribution is 5.94. The largest absolute Gasteiger partial charge is 0.366 e. The van der Waals surface area contributed by atoms with E-state index in [-0.39, 0.29) is 11.3 Å². The van der Waals surface area contributed by atoms with Crippen molar-refractivity contribution in [2.75, 3.05) is 0 Å². The molecule has 1 amide bonds. The first-order valence-corrected chi connectivity index (χ1v) is 3.54. The maximum Gasteiger partial charge on any atom is 0.325 e. The van der Waals surface area contributed by atoms with Gasteiger partial charge in [-0.15, -0.1) is 0 Å². The van der Waals surface area contributed by atoms with E-state index in [1.165, 1.54) is 12.3 Å². The van der Waals surface area contributed by atoms with Crippen molar-refractivity contribution < 1.29 is 4.79 Å². The first-order valence-electron chi connectivity index (χ1n) is 3.54. The molecule has 0 atom stereocenters. The average molecular weight is 178 g/mol. The summed E-state index contributed by atoms with van der Waals surface area (Å²) >= 11 is 0. The van der Waals surface area contributed by atoms with Crippen LogP contribution in [0.2, 0.25) is 0 Å². The van der Waals surface area contributed by atoms with Crippen molar-refractivity contribution >= 4 is 17.1 Å². The highest BCUT2D eigenvalue weighted by Gasteiger charge is 2.04. The molecule has 2 heterocycles. The molecule has 6 nitrogen and oxygen atoms in total. The number of pyridine rings is 1. The lowest BCUT2D eigenvalue weighted by Crippen LogP contribution is -2.10. The number of amides is 1. The molecular weight excluding hydrogens is 172 g/mol. The molecule has 13 heavy (non-hydrogen) atoms.